The molecule has 1 atom stereocenters. The zero-order chi connectivity index (χ0) is 29.1. The number of aromatic nitrogens is 1. The second-order valence-electron chi connectivity index (χ2n) is 9.94. The summed E-state index contributed by atoms with van der Waals surface area (Å²) in [6.07, 6.45) is 1.90. The number of unbranched alkanes of at least 4 members (excludes halogenated alkanes) is 1. The van der Waals surface area contributed by atoms with Crippen molar-refractivity contribution in [2.45, 2.75) is 32.7 Å². The maximum Gasteiger partial charge on any atom is 0.301 e. The molecule has 1 amide bonds. The number of fused-ring (bicyclic) bond motifs is 1. The number of ketones is 1. The van der Waals surface area contributed by atoms with Crippen molar-refractivity contribution in [3.63, 3.8) is 0 Å². The Hall–Kier alpha value is -4.37. The van der Waals surface area contributed by atoms with Gasteiger partial charge in [0.15, 0.2) is 5.13 Å². The van der Waals surface area contributed by atoms with Crippen LogP contribution < -0.4 is 19.3 Å². The Labute approximate surface area is 243 Å². The van der Waals surface area contributed by atoms with Crippen molar-refractivity contribution in [3.8, 4) is 11.5 Å². The molecule has 0 bridgehead atoms. The zero-order valence-corrected chi connectivity index (χ0v) is 24.4. The van der Waals surface area contributed by atoms with Crippen LogP contribution in [-0.4, -0.2) is 49.1 Å². The van der Waals surface area contributed by atoms with Gasteiger partial charge in [-0.3, -0.25) is 14.5 Å². The number of benzene rings is 3. The highest BCUT2D eigenvalue weighted by Gasteiger charge is 2.48. The molecule has 0 saturated carbocycles. The van der Waals surface area contributed by atoms with Crippen molar-refractivity contribution in [1.29, 1.82) is 0 Å². The van der Waals surface area contributed by atoms with Crippen molar-refractivity contribution in [2.75, 3.05) is 37.1 Å². The molecule has 1 fully saturated rings. The standard InChI is InChI=1S/C32H33N3O5S/c1-5-7-17-40-23-10-8-9-21(18-23)29(36)27-28(20-11-13-22(14-12-20)34(3)4)35(31(38)30(27)37)32-33-25-16-15-24(39-6-2)19-26(25)41-32/h8-16,18-19,28,36H,5-7,17H2,1-4H3. The highest BCUT2D eigenvalue weighted by molar-refractivity contribution is 7.22. The number of amides is 1. The highest BCUT2D eigenvalue weighted by atomic mass is 32.1. The van der Waals surface area contributed by atoms with Crippen LogP contribution in [0.25, 0.3) is 16.0 Å². The van der Waals surface area contributed by atoms with Gasteiger partial charge < -0.3 is 19.5 Å². The number of hydrogen-bond acceptors (Lipinski definition) is 8. The summed E-state index contributed by atoms with van der Waals surface area (Å²) in [5, 5.41) is 11.9. The van der Waals surface area contributed by atoms with Gasteiger partial charge in [0.1, 0.15) is 17.3 Å². The maximum atomic E-state index is 13.6. The second-order valence-corrected chi connectivity index (χ2v) is 11.0. The smallest absolute Gasteiger partial charge is 0.301 e. The third-order valence-electron chi connectivity index (χ3n) is 6.91. The van der Waals surface area contributed by atoms with Crippen LogP contribution in [0.5, 0.6) is 11.5 Å². The van der Waals surface area contributed by atoms with E-state index in [1.54, 1.807) is 24.3 Å². The molecule has 1 unspecified atom stereocenters. The quantitative estimate of drug-likeness (QED) is 0.0997. The van der Waals surface area contributed by atoms with E-state index in [0.717, 1.165) is 23.2 Å². The van der Waals surface area contributed by atoms with E-state index in [2.05, 4.69) is 6.92 Å². The van der Waals surface area contributed by atoms with Gasteiger partial charge in [0.05, 0.1) is 35.0 Å². The van der Waals surface area contributed by atoms with Gasteiger partial charge in [-0.1, -0.05) is 48.9 Å². The first kappa shape index (κ1) is 28.2. The molecule has 1 N–H and O–H groups in total. The molecular formula is C32H33N3O5S. The number of rotatable bonds is 10. The maximum absolute atomic E-state index is 13.6. The number of anilines is 2. The van der Waals surface area contributed by atoms with E-state index < -0.39 is 17.7 Å². The number of thiazole rings is 1. The number of aliphatic hydroxyl groups excluding tert-OH is 1. The lowest BCUT2D eigenvalue weighted by Crippen LogP contribution is -2.29. The molecule has 9 heteroatoms. The van der Waals surface area contributed by atoms with Crippen molar-refractivity contribution < 1.29 is 24.2 Å². The molecule has 41 heavy (non-hydrogen) atoms. The largest absolute Gasteiger partial charge is 0.507 e. The van der Waals surface area contributed by atoms with Gasteiger partial charge in [0, 0.05) is 25.3 Å². The van der Waals surface area contributed by atoms with E-state index in [-0.39, 0.29) is 11.3 Å². The van der Waals surface area contributed by atoms with Crippen LogP contribution >= 0.6 is 11.3 Å². The van der Waals surface area contributed by atoms with E-state index in [1.165, 1.54) is 16.2 Å². The lowest BCUT2D eigenvalue weighted by atomic mass is 9.95. The minimum absolute atomic E-state index is 0.00701. The molecular weight excluding hydrogens is 538 g/mol. The van der Waals surface area contributed by atoms with Crippen LogP contribution in [0.15, 0.2) is 72.3 Å². The fraction of sp³-hybridized carbons (Fsp3) is 0.281. The van der Waals surface area contributed by atoms with Crippen molar-refractivity contribution in [3.05, 3.63) is 83.4 Å². The SMILES string of the molecule is CCCCOc1cccc(C(O)=C2C(=O)C(=O)N(c3nc4ccc(OCC)cc4s3)C2c2ccc(N(C)C)cc2)c1. The summed E-state index contributed by atoms with van der Waals surface area (Å²) in [5.74, 6) is -0.481. The summed E-state index contributed by atoms with van der Waals surface area (Å²) in [6.45, 7) is 5.07. The lowest BCUT2D eigenvalue weighted by Gasteiger charge is -2.23. The van der Waals surface area contributed by atoms with Gasteiger partial charge in [0.2, 0.25) is 0 Å². The van der Waals surface area contributed by atoms with E-state index in [9.17, 15) is 14.7 Å². The fourth-order valence-electron chi connectivity index (χ4n) is 4.78. The van der Waals surface area contributed by atoms with Crippen molar-refractivity contribution >= 4 is 49.8 Å². The fourth-order valence-corrected chi connectivity index (χ4v) is 5.80. The Morgan fingerprint density at radius 3 is 2.46 bits per heavy atom. The van der Waals surface area contributed by atoms with Crippen LogP contribution in [0.1, 0.15) is 43.9 Å². The summed E-state index contributed by atoms with van der Waals surface area (Å²) < 4.78 is 12.3. The van der Waals surface area contributed by atoms with E-state index in [4.69, 9.17) is 14.5 Å². The normalized spacial score (nSPS) is 16.4. The summed E-state index contributed by atoms with van der Waals surface area (Å²) in [6, 6.07) is 19.2. The van der Waals surface area contributed by atoms with Gasteiger partial charge in [-0.2, -0.15) is 0 Å². The highest BCUT2D eigenvalue weighted by Crippen LogP contribution is 2.45. The minimum Gasteiger partial charge on any atom is -0.507 e. The number of hydrogen-bond donors (Lipinski definition) is 1. The Bertz CT molecular complexity index is 1610. The summed E-state index contributed by atoms with van der Waals surface area (Å²) in [7, 11) is 3.88. The molecule has 1 saturated heterocycles. The molecule has 2 heterocycles. The van der Waals surface area contributed by atoms with Crippen LogP contribution in [0.3, 0.4) is 0 Å². The number of nitrogens with zero attached hydrogens (tertiary/aromatic N) is 3. The third-order valence-corrected chi connectivity index (χ3v) is 7.93. The number of aliphatic hydroxyl groups is 1. The minimum atomic E-state index is -0.872. The predicted octanol–water partition coefficient (Wildman–Crippen LogP) is 6.57. The number of carbonyl (C=O) groups excluding carboxylic acids is 2. The third kappa shape index (κ3) is 5.63. The lowest BCUT2D eigenvalue weighted by molar-refractivity contribution is -0.132. The van der Waals surface area contributed by atoms with Gasteiger partial charge in [-0.05, 0) is 61.4 Å². The molecule has 3 aromatic carbocycles. The zero-order valence-electron chi connectivity index (χ0n) is 23.6. The van der Waals surface area contributed by atoms with Gasteiger partial charge in [-0.15, -0.1) is 0 Å². The molecule has 1 aliphatic rings. The van der Waals surface area contributed by atoms with Crippen molar-refractivity contribution in [1.82, 2.24) is 4.98 Å². The molecule has 4 aromatic rings. The molecule has 1 aliphatic heterocycles. The van der Waals surface area contributed by atoms with E-state index in [0.29, 0.717) is 46.5 Å². The molecule has 8 nitrogen and oxygen atoms in total. The van der Waals surface area contributed by atoms with Crippen LogP contribution in [0.2, 0.25) is 0 Å². The Kier molecular flexibility index (Phi) is 8.26. The molecule has 5 rings (SSSR count). The van der Waals surface area contributed by atoms with Gasteiger partial charge in [0.25, 0.3) is 5.78 Å². The average molecular weight is 572 g/mol. The molecule has 0 spiro atoms. The number of ether oxygens (including phenoxy) is 2. The summed E-state index contributed by atoms with van der Waals surface area (Å²) in [4.78, 5) is 35.3. The molecule has 0 aliphatic carbocycles. The first-order valence-corrected chi connectivity index (χ1v) is 14.5. The van der Waals surface area contributed by atoms with Gasteiger partial charge >= 0.3 is 5.91 Å². The second kappa shape index (κ2) is 12.0. The number of Topliss-reactive ketones (excluding diaryl/α,β-unsaturated/α-hetero) is 1. The molecule has 212 valence electrons. The van der Waals surface area contributed by atoms with Gasteiger partial charge in [-0.25, -0.2) is 4.98 Å². The van der Waals surface area contributed by atoms with E-state index >= 15 is 0 Å². The van der Waals surface area contributed by atoms with Crippen molar-refractivity contribution in [2.24, 2.45) is 0 Å². The number of carbonyl (C=O) groups is 2. The monoisotopic (exact) mass is 571 g/mol. The Morgan fingerprint density at radius 1 is 1.00 bits per heavy atom. The Balaban J connectivity index is 1.63. The molecule has 1 aromatic heterocycles. The summed E-state index contributed by atoms with van der Waals surface area (Å²) in [5.41, 5.74) is 2.74. The van der Waals surface area contributed by atoms with Crippen LogP contribution in [-0.2, 0) is 9.59 Å². The first-order chi connectivity index (χ1) is 19.8. The van der Waals surface area contributed by atoms with E-state index in [1.807, 2.05) is 68.4 Å². The Morgan fingerprint density at radius 2 is 1.76 bits per heavy atom. The summed E-state index contributed by atoms with van der Waals surface area (Å²) >= 11 is 1.30. The van der Waals surface area contributed by atoms with Crippen LogP contribution in [0.4, 0.5) is 10.8 Å². The predicted molar refractivity (Wildman–Crippen MR) is 163 cm³/mol. The topological polar surface area (TPSA) is 92.2 Å². The molecule has 0 radical (unpaired) electrons. The average Bonchev–Trinajstić information content (AvgIpc) is 3.50. The first-order valence-electron chi connectivity index (χ1n) is 13.7. The van der Waals surface area contributed by atoms with Crippen LogP contribution in [0, 0.1) is 0 Å².